The third kappa shape index (κ3) is 4.57. The van der Waals surface area contributed by atoms with Crippen molar-refractivity contribution in [3.05, 3.63) is 90.5 Å². The van der Waals surface area contributed by atoms with Gasteiger partial charge in [0.2, 0.25) is 5.91 Å². The minimum Gasteiger partial charge on any atom is -0.316 e. The predicted octanol–water partition coefficient (Wildman–Crippen LogP) is 5.34. The summed E-state index contributed by atoms with van der Waals surface area (Å²) < 4.78 is 0. The summed E-state index contributed by atoms with van der Waals surface area (Å²) in [5.41, 5.74) is 4.56. The van der Waals surface area contributed by atoms with Crippen molar-refractivity contribution in [2.75, 3.05) is 11.9 Å². The monoisotopic (exact) mass is 329 g/mol. The van der Waals surface area contributed by atoms with Crippen LogP contribution in [-0.4, -0.2) is 13.0 Å². The average molecular weight is 329 g/mol. The van der Waals surface area contributed by atoms with Gasteiger partial charge in [0, 0.05) is 19.2 Å². The Kier molecular flexibility index (Phi) is 5.63. The standard InChI is InChI=1S/C23H23NO/c1-24(23(25)14-8-11-19-9-4-2-5-10-19)22-17-15-21(16-18-22)20-12-6-3-7-13-20/h2-7,9-10,12-13,15-18H,8,11,14H2,1H3. The maximum Gasteiger partial charge on any atom is 0.226 e. The molecule has 126 valence electrons. The molecule has 2 heteroatoms. The van der Waals surface area contributed by atoms with Crippen molar-refractivity contribution < 1.29 is 4.79 Å². The number of carbonyl (C=O) groups excluding carboxylic acids is 1. The van der Waals surface area contributed by atoms with Gasteiger partial charge >= 0.3 is 0 Å². The smallest absolute Gasteiger partial charge is 0.226 e. The molecule has 0 spiro atoms. The van der Waals surface area contributed by atoms with Gasteiger partial charge in [0.15, 0.2) is 0 Å². The number of aryl methyl sites for hydroxylation is 1. The van der Waals surface area contributed by atoms with Gasteiger partial charge in [-0.25, -0.2) is 0 Å². The third-order valence-electron chi connectivity index (χ3n) is 4.43. The fourth-order valence-corrected chi connectivity index (χ4v) is 2.91. The molecule has 0 aliphatic rings. The van der Waals surface area contributed by atoms with E-state index in [9.17, 15) is 4.79 Å². The van der Waals surface area contributed by atoms with Crippen LogP contribution >= 0.6 is 0 Å². The molecule has 0 aliphatic carbocycles. The molecule has 3 aromatic rings. The van der Waals surface area contributed by atoms with Gasteiger partial charge in [-0.05, 0) is 41.7 Å². The third-order valence-corrected chi connectivity index (χ3v) is 4.43. The number of hydrogen-bond donors (Lipinski definition) is 0. The minimum atomic E-state index is 0.156. The molecule has 0 aliphatic heterocycles. The largest absolute Gasteiger partial charge is 0.316 e. The molecule has 3 aromatic carbocycles. The summed E-state index contributed by atoms with van der Waals surface area (Å²) in [6, 6.07) is 28.7. The first kappa shape index (κ1) is 17.0. The molecule has 0 saturated heterocycles. The molecule has 0 atom stereocenters. The van der Waals surface area contributed by atoms with E-state index in [0.717, 1.165) is 24.1 Å². The second-order valence-corrected chi connectivity index (χ2v) is 6.20. The number of nitrogens with zero attached hydrogens (tertiary/aromatic N) is 1. The van der Waals surface area contributed by atoms with E-state index in [2.05, 4.69) is 36.4 Å². The maximum atomic E-state index is 12.4. The van der Waals surface area contributed by atoms with Gasteiger partial charge in [-0.3, -0.25) is 4.79 Å². The van der Waals surface area contributed by atoms with Crippen LogP contribution in [0.15, 0.2) is 84.9 Å². The first-order chi connectivity index (χ1) is 12.2. The molecular formula is C23H23NO. The molecule has 0 aromatic heterocycles. The second-order valence-electron chi connectivity index (χ2n) is 6.20. The summed E-state index contributed by atoms with van der Waals surface area (Å²) in [4.78, 5) is 14.2. The van der Waals surface area contributed by atoms with Gasteiger partial charge in [0.25, 0.3) is 0 Å². The normalized spacial score (nSPS) is 10.4. The molecule has 0 N–H and O–H groups in total. The van der Waals surface area contributed by atoms with E-state index >= 15 is 0 Å². The predicted molar refractivity (Wildman–Crippen MR) is 105 cm³/mol. The van der Waals surface area contributed by atoms with E-state index in [1.807, 2.05) is 55.6 Å². The van der Waals surface area contributed by atoms with Crippen LogP contribution in [0.3, 0.4) is 0 Å². The van der Waals surface area contributed by atoms with Crippen LogP contribution in [0, 0.1) is 0 Å². The van der Waals surface area contributed by atoms with Crippen LogP contribution in [-0.2, 0) is 11.2 Å². The maximum absolute atomic E-state index is 12.4. The van der Waals surface area contributed by atoms with Gasteiger partial charge < -0.3 is 4.90 Å². The van der Waals surface area contributed by atoms with Crippen LogP contribution < -0.4 is 4.90 Å². The zero-order chi connectivity index (χ0) is 17.5. The molecular weight excluding hydrogens is 306 g/mol. The van der Waals surface area contributed by atoms with E-state index < -0.39 is 0 Å². The fraction of sp³-hybridized carbons (Fsp3) is 0.174. The Balaban J connectivity index is 1.56. The van der Waals surface area contributed by atoms with E-state index in [0.29, 0.717) is 6.42 Å². The highest BCUT2D eigenvalue weighted by Crippen LogP contribution is 2.23. The number of carbonyl (C=O) groups is 1. The second kappa shape index (κ2) is 8.29. The van der Waals surface area contributed by atoms with Crippen LogP contribution in [0.25, 0.3) is 11.1 Å². The van der Waals surface area contributed by atoms with Crippen molar-refractivity contribution in [1.82, 2.24) is 0 Å². The summed E-state index contributed by atoms with van der Waals surface area (Å²) in [6.07, 6.45) is 2.37. The van der Waals surface area contributed by atoms with E-state index in [-0.39, 0.29) is 5.91 Å². The van der Waals surface area contributed by atoms with Gasteiger partial charge in [-0.1, -0.05) is 72.8 Å². The van der Waals surface area contributed by atoms with E-state index in [1.165, 1.54) is 11.1 Å². The summed E-state index contributed by atoms with van der Waals surface area (Å²) in [7, 11) is 1.85. The molecule has 0 unspecified atom stereocenters. The molecule has 0 radical (unpaired) electrons. The number of amides is 1. The number of benzene rings is 3. The van der Waals surface area contributed by atoms with Crippen LogP contribution in [0.5, 0.6) is 0 Å². The summed E-state index contributed by atoms with van der Waals surface area (Å²) in [6.45, 7) is 0. The molecule has 2 nitrogen and oxygen atoms in total. The fourth-order valence-electron chi connectivity index (χ4n) is 2.91. The average Bonchev–Trinajstić information content (AvgIpc) is 2.69. The van der Waals surface area contributed by atoms with Crippen LogP contribution in [0.4, 0.5) is 5.69 Å². The highest BCUT2D eigenvalue weighted by Gasteiger charge is 2.10. The molecule has 0 heterocycles. The van der Waals surface area contributed by atoms with Crippen molar-refractivity contribution >= 4 is 11.6 Å². The molecule has 0 fully saturated rings. The Morgan fingerprint density at radius 1 is 0.760 bits per heavy atom. The van der Waals surface area contributed by atoms with Gasteiger partial charge in [-0.2, -0.15) is 0 Å². The molecule has 0 bridgehead atoms. The quantitative estimate of drug-likeness (QED) is 0.598. The van der Waals surface area contributed by atoms with Gasteiger partial charge in [-0.15, -0.1) is 0 Å². The van der Waals surface area contributed by atoms with Crippen molar-refractivity contribution in [1.29, 1.82) is 0 Å². The van der Waals surface area contributed by atoms with E-state index in [4.69, 9.17) is 0 Å². The Bertz CT molecular complexity index is 795. The lowest BCUT2D eigenvalue weighted by Gasteiger charge is -2.18. The van der Waals surface area contributed by atoms with E-state index in [1.54, 1.807) is 4.90 Å². The van der Waals surface area contributed by atoms with Crippen LogP contribution in [0.1, 0.15) is 18.4 Å². The Hall–Kier alpha value is -2.87. The Morgan fingerprint density at radius 3 is 1.96 bits per heavy atom. The Labute approximate surface area is 149 Å². The van der Waals surface area contributed by atoms with Crippen LogP contribution in [0.2, 0.25) is 0 Å². The van der Waals surface area contributed by atoms with Crippen molar-refractivity contribution in [3.63, 3.8) is 0 Å². The summed E-state index contributed by atoms with van der Waals surface area (Å²) in [5, 5.41) is 0. The summed E-state index contributed by atoms with van der Waals surface area (Å²) in [5.74, 6) is 0.156. The first-order valence-corrected chi connectivity index (χ1v) is 8.70. The molecule has 0 saturated carbocycles. The lowest BCUT2D eigenvalue weighted by atomic mass is 10.1. The van der Waals surface area contributed by atoms with Crippen molar-refractivity contribution in [2.24, 2.45) is 0 Å². The molecule has 25 heavy (non-hydrogen) atoms. The lowest BCUT2D eigenvalue weighted by molar-refractivity contribution is -0.118. The van der Waals surface area contributed by atoms with Gasteiger partial charge in [0.05, 0.1) is 0 Å². The summed E-state index contributed by atoms with van der Waals surface area (Å²) >= 11 is 0. The molecule has 3 rings (SSSR count). The highest BCUT2D eigenvalue weighted by atomic mass is 16.2. The number of hydrogen-bond acceptors (Lipinski definition) is 1. The van der Waals surface area contributed by atoms with Gasteiger partial charge in [0.1, 0.15) is 0 Å². The number of anilines is 1. The SMILES string of the molecule is CN(C(=O)CCCc1ccccc1)c1ccc(-c2ccccc2)cc1. The first-order valence-electron chi connectivity index (χ1n) is 8.70. The topological polar surface area (TPSA) is 20.3 Å². The lowest BCUT2D eigenvalue weighted by Crippen LogP contribution is -2.25. The van der Waals surface area contributed by atoms with Crippen molar-refractivity contribution in [3.8, 4) is 11.1 Å². The minimum absolute atomic E-state index is 0.156. The number of rotatable bonds is 6. The Morgan fingerprint density at radius 2 is 1.32 bits per heavy atom. The van der Waals surface area contributed by atoms with Crippen molar-refractivity contribution in [2.45, 2.75) is 19.3 Å². The zero-order valence-electron chi connectivity index (χ0n) is 14.6. The molecule has 1 amide bonds. The highest BCUT2D eigenvalue weighted by molar-refractivity contribution is 5.93. The zero-order valence-corrected chi connectivity index (χ0v) is 14.6.